The van der Waals surface area contributed by atoms with Crippen LogP contribution in [0.2, 0.25) is 0 Å². The number of benzene rings is 8. The summed E-state index contributed by atoms with van der Waals surface area (Å²) < 4.78 is 2.68. The monoisotopic (exact) mass is 562 g/mol. The molecule has 1 aromatic heterocycles. The average Bonchev–Trinajstić information content (AvgIpc) is 3.46. The summed E-state index contributed by atoms with van der Waals surface area (Å²) >= 11 is 1.89. The van der Waals surface area contributed by atoms with E-state index in [4.69, 9.17) is 0 Å². The van der Waals surface area contributed by atoms with Gasteiger partial charge in [-0.3, -0.25) is 0 Å². The van der Waals surface area contributed by atoms with E-state index in [-0.39, 0.29) is 0 Å². The average molecular weight is 563 g/mol. The highest BCUT2D eigenvalue weighted by Crippen LogP contribution is 2.45. The van der Waals surface area contributed by atoms with E-state index < -0.39 is 0 Å². The molecule has 0 spiro atoms. The maximum Gasteiger partial charge on any atom is 0.0368 e. The Labute approximate surface area is 254 Å². The van der Waals surface area contributed by atoms with E-state index in [1.807, 2.05) is 11.3 Å². The van der Waals surface area contributed by atoms with Crippen molar-refractivity contribution in [2.45, 2.75) is 0 Å². The minimum absolute atomic E-state index is 1.24. The van der Waals surface area contributed by atoms with Crippen LogP contribution in [-0.4, -0.2) is 0 Å². The van der Waals surface area contributed by atoms with E-state index in [9.17, 15) is 0 Å². The maximum absolute atomic E-state index is 2.40. The van der Waals surface area contributed by atoms with Crippen LogP contribution < -0.4 is 0 Å². The topological polar surface area (TPSA) is 0 Å². The molecule has 0 aliphatic heterocycles. The molecule has 9 aromatic rings. The Hall–Kier alpha value is -5.24. The first-order valence-electron chi connectivity index (χ1n) is 14.8. The van der Waals surface area contributed by atoms with Gasteiger partial charge in [0.25, 0.3) is 0 Å². The maximum atomic E-state index is 2.40. The lowest BCUT2D eigenvalue weighted by Crippen LogP contribution is -1.91. The molecule has 0 nitrogen and oxygen atoms in total. The zero-order valence-electron chi connectivity index (χ0n) is 23.4. The van der Waals surface area contributed by atoms with Crippen LogP contribution in [0.15, 0.2) is 158 Å². The summed E-state index contributed by atoms with van der Waals surface area (Å²) in [5.41, 5.74) is 7.62. The molecule has 0 bridgehead atoms. The van der Waals surface area contributed by atoms with Crippen LogP contribution in [0.5, 0.6) is 0 Å². The first-order chi connectivity index (χ1) is 21.3. The second-order valence-electron chi connectivity index (χ2n) is 11.2. The molecule has 1 heterocycles. The van der Waals surface area contributed by atoms with E-state index in [0.717, 1.165) is 0 Å². The third kappa shape index (κ3) is 3.75. The van der Waals surface area contributed by atoms with E-state index in [0.29, 0.717) is 0 Å². The fraction of sp³-hybridized carbons (Fsp3) is 0. The fourth-order valence-electron chi connectivity index (χ4n) is 7.00. The predicted molar refractivity (Wildman–Crippen MR) is 188 cm³/mol. The molecule has 200 valence electrons. The molecule has 0 aliphatic carbocycles. The van der Waals surface area contributed by atoms with Crippen molar-refractivity contribution < 1.29 is 0 Å². The van der Waals surface area contributed by atoms with Crippen molar-refractivity contribution in [1.82, 2.24) is 0 Å². The molecule has 1 heteroatoms. The van der Waals surface area contributed by atoms with Gasteiger partial charge in [-0.2, -0.15) is 0 Å². The SMILES string of the molecule is c1ccc(-c2c3ccccc3c(-c3ccc(-c4cc5sc6ccccc6c5c5ccccc45)cc3)c3ccccc23)cc1. The van der Waals surface area contributed by atoms with E-state index >= 15 is 0 Å². The molecule has 43 heavy (non-hydrogen) atoms. The van der Waals surface area contributed by atoms with Crippen molar-refractivity contribution in [3.05, 3.63) is 158 Å². The standard InChI is InChI=1S/C42H26S/c1-2-12-28(13-3-1)40-32-16-6-8-18-34(32)41(35-19-9-7-17-33(35)40)29-24-22-27(23-25-29)37-26-39-42(31-15-5-4-14-30(31)37)36-20-10-11-21-38(36)43-39/h1-26H. The summed E-state index contributed by atoms with van der Waals surface area (Å²) in [6, 6.07) is 57.8. The summed E-state index contributed by atoms with van der Waals surface area (Å²) in [6.45, 7) is 0. The molecule has 0 aliphatic rings. The number of fused-ring (bicyclic) bond motifs is 7. The summed E-state index contributed by atoms with van der Waals surface area (Å²) in [7, 11) is 0. The highest BCUT2D eigenvalue weighted by atomic mass is 32.1. The van der Waals surface area contributed by atoms with Gasteiger partial charge in [-0.25, -0.2) is 0 Å². The van der Waals surface area contributed by atoms with Gasteiger partial charge in [0, 0.05) is 20.2 Å². The van der Waals surface area contributed by atoms with Gasteiger partial charge in [-0.15, -0.1) is 11.3 Å². The molecule has 0 saturated carbocycles. The minimum Gasteiger partial charge on any atom is -0.135 e. The first-order valence-corrected chi connectivity index (χ1v) is 15.6. The minimum atomic E-state index is 1.24. The van der Waals surface area contributed by atoms with Gasteiger partial charge in [-0.05, 0) is 77.8 Å². The predicted octanol–water partition coefficient (Wildman–Crippen LogP) is 12.5. The van der Waals surface area contributed by atoms with Gasteiger partial charge in [0.15, 0.2) is 0 Å². The van der Waals surface area contributed by atoms with Crippen molar-refractivity contribution in [1.29, 1.82) is 0 Å². The molecule has 0 N–H and O–H groups in total. The van der Waals surface area contributed by atoms with Crippen LogP contribution in [0.25, 0.3) is 85.9 Å². The van der Waals surface area contributed by atoms with Crippen molar-refractivity contribution in [2.24, 2.45) is 0 Å². The van der Waals surface area contributed by atoms with Gasteiger partial charge in [-0.1, -0.05) is 146 Å². The number of hydrogen-bond acceptors (Lipinski definition) is 1. The third-order valence-electron chi connectivity index (χ3n) is 8.86. The quantitative estimate of drug-likeness (QED) is 0.188. The van der Waals surface area contributed by atoms with Crippen molar-refractivity contribution in [2.75, 3.05) is 0 Å². The molecule has 8 aromatic carbocycles. The molecular formula is C42H26S. The van der Waals surface area contributed by atoms with Crippen LogP contribution in [-0.2, 0) is 0 Å². The van der Waals surface area contributed by atoms with Crippen molar-refractivity contribution in [3.8, 4) is 33.4 Å². The lowest BCUT2D eigenvalue weighted by molar-refractivity contribution is 1.64. The largest absolute Gasteiger partial charge is 0.135 e. The first kappa shape index (κ1) is 24.4. The van der Waals surface area contributed by atoms with E-state index in [2.05, 4.69) is 158 Å². The van der Waals surface area contributed by atoms with Crippen LogP contribution in [0, 0.1) is 0 Å². The zero-order chi connectivity index (χ0) is 28.3. The molecule has 0 radical (unpaired) electrons. The lowest BCUT2D eigenvalue weighted by Gasteiger charge is -2.18. The van der Waals surface area contributed by atoms with Gasteiger partial charge in [0.05, 0.1) is 0 Å². The normalized spacial score (nSPS) is 11.7. The van der Waals surface area contributed by atoms with Crippen molar-refractivity contribution in [3.63, 3.8) is 0 Å². The van der Waals surface area contributed by atoms with Gasteiger partial charge in [0.2, 0.25) is 0 Å². The van der Waals surface area contributed by atoms with Gasteiger partial charge in [0.1, 0.15) is 0 Å². The number of rotatable bonds is 3. The zero-order valence-corrected chi connectivity index (χ0v) is 24.2. The molecule has 0 fully saturated rings. The van der Waals surface area contributed by atoms with Crippen molar-refractivity contribution >= 4 is 63.8 Å². The van der Waals surface area contributed by atoms with Crippen LogP contribution in [0.3, 0.4) is 0 Å². The molecular weight excluding hydrogens is 537 g/mol. The Balaban J connectivity index is 1.27. The summed E-state index contributed by atoms with van der Waals surface area (Å²) in [5, 5.41) is 10.5. The highest BCUT2D eigenvalue weighted by molar-refractivity contribution is 7.26. The molecule has 9 rings (SSSR count). The molecule has 0 unspecified atom stereocenters. The van der Waals surface area contributed by atoms with Crippen LogP contribution in [0.4, 0.5) is 0 Å². The Morgan fingerprint density at radius 1 is 0.302 bits per heavy atom. The fourth-order valence-corrected chi connectivity index (χ4v) is 8.16. The van der Waals surface area contributed by atoms with E-state index in [1.165, 1.54) is 85.9 Å². The molecule has 0 atom stereocenters. The Bertz CT molecular complexity index is 2420. The smallest absolute Gasteiger partial charge is 0.0368 e. The van der Waals surface area contributed by atoms with Gasteiger partial charge < -0.3 is 0 Å². The Kier molecular flexibility index (Phi) is 5.47. The molecule has 0 amide bonds. The summed E-state index contributed by atoms with van der Waals surface area (Å²) in [6.07, 6.45) is 0. The summed E-state index contributed by atoms with van der Waals surface area (Å²) in [5.74, 6) is 0. The van der Waals surface area contributed by atoms with Gasteiger partial charge >= 0.3 is 0 Å². The number of hydrogen-bond donors (Lipinski definition) is 0. The van der Waals surface area contributed by atoms with Crippen LogP contribution in [0.1, 0.15) is 0 Å². The second kappa shape index (κ2) is 9.66. The Morgan fingerprint density at radius 3 is 1.35 bits per heavy atom. The lowest BCUT2D eigenvalue weighted by atomic mass is 9.85. The number of thiophene rings is 1. The highest BCUT2D eigenvalue weighted by Gasteiger charge is 2.17. The second-order valence-corrected chi connectivity index (χ2v) is 12.3. The third-order valence-corrected chi connectivity index (χ3v) is 9.98. The Morgan fingerprint density at radius 2 is 0.744 bits per heavy atom. The van der Waals surface area contributed by atoms with Crippen LogP contribution >= 0.6 is 11.3 Å². The van der Waals surface area contributed by atoms with E-state index in [1.54, 1.807) is 0 Å². The summed E-state index contributed by atoms with van der Waals surface area (Å²) in [4.78, 5) is 0. The molecule has 0 saturated heterocycles.